The SMILES string of the molecule is c1ccc(C23CCCN2c2ccccc2CN3)cc1. The number of benzene rings is 2. The van der Waals surface area contributed by atoms with Gasteiger partial charge in [-0.15, -0.1) is 0 Å². The Morgan fingerprint density at radius 3 is 2.63 bits per heavy atom. The normalized spacial score (nSPS) is 24.9. The number of fused-ring (bicyclic) bond motifs is 3. The summed E-state index contributed by atoms with van der Waals surface area (Å²) in [6.07, 6.45) is 2.43. The summed E-state index contributed by atoms with van der Waals surface area (Å²) in [4.78, 5) is 2.56. The monoisotopic (exact) mass is 250 g/mol. The highest BCUT2D eigenvalue weighted by Crippen LogP contribution is 2.44. The van der Waals surface area contributed by atoms with Crippen LogP contribution in [0.15, 0.2) is 54.6 Å². The van der Waals surface area contributed by atoms with E-state index in [4.69, 9.17) is 0 Å². The van der Waals surface area contributed by atoms with Crippen LogP contribution in [0.1, 0.15) is 24.0 Å². The van der Waals surface area contributed by atoms with Crippen molar-refractivity contribution < 1.29 is 0 Å². The zero-order chi connectivity index (χ0) is 12.7. The summed E-state index contributed by atoms with van der Waals surface area (Å²) >= 11 is 0. The Labute approximate surface area is 114 Å². The maximum Gasteiger partial charge on any atom is 0.117 e. The Morgan fingerprint density at radius 1 is 0.947 bits per heavy atom. The predicted octanol–water partition coefficient (Wildman–Crippen LogP) is 3.24. The molecule has 19 heavy (non-hydrogen) atoms. The van der Waals surface area contributed by atoms with Crippen molar-refractivity contribution in [2.75, 3.05) is 11.4 Å². The van der Waals surface area contributed by atoms with Gasteiger partial charge in [0.15, 0.2) is 0 Å². The molecular formula is C17H18N2. The maximum atomic E-state index is 3.79. The van der Waals surface area contributed by atoms with E-state index in [1.165, 1.54) is 29.7 Å². The molecule has 2 aromatic carbocycles. The van der Waals surface area contributed by atoms with Gasteiger partial charge < -0.3 is 4.90 Å². The first-order valence-corrected chi connectivity index (χ1v) is 7.06. The molecular weight excluding hydrogens is 232 g/mol. The second-order valence-electron chi connectivity index (χ2n) is 5.46. The third kappa shape index (κ3) is 1.53. The minimum absolute atomic E-state index is 0.00954. The molecule has 4 rings (SSSR count). The Morgan fingerprint density at radius 2 is 1.74 bits per heavy atom. The smallest absolute Gasteiger partial charge is 0.117 e. The summed E-state index contributed by atoms with van der Waals surface area (Å²) in [6, 6.07) is 19.7. The summed E-state index contributed by atoms with van der Waals surface area (Å²) in [5.74, 6) is 0. The lowest BCUT2D eigenvalue weighted by atomic mass is 9.92. The van der Waals surface area contributed by atoms with Gasteiger partial charge in [-0.05, 0) is 30.0 Å². The molecule has 2 aliphatic rings. The zero-order valence-electron chi connectivity index (χ0n) is 11.0. The summed E-state index contributed by atoms with van der Waals surface area (Å²) in [6.45, 7) is 2.10. The summed E-state index contributed by atoms with van der Waals surface area (Å²) in [5.41, 5.74) is 4.22. The molecule has 0 aromatic heterocycles. The van der Waals surface area contributed by atoms with E-state index in [-0.39, 0.29) is 5.66 Å². The highest BCUT2D eigenvalue weighted by atomic mass is 15.4. The van der Waals surface area contributed by atoms with Gasteiger partial charge in [0.05, 0.1) is 0 Å². The van der Waals surface area contributed by atoms with Crippen molar-refractivity contribution in [1.29, 1.82) is 0 Å². The summed E-state index contributed by atoms with van der Waals surface area (Å²) in [7, 11) is 0. The van der Waals surface area contributed by atoms with Crippen LogP contribution in [0.4, 0.5) is 5.69 Å². The van der Waals surface area contributed by atoms with Crippen LogP contribution in [-0.4, -0.2) is 6.54 Å². The third-order valence-corrected chi connectivity index (χ3v) is 4.49. The van der Waals surface area contributed by atoms with Gasteiger partial charge in [0.25, 0.3) is 0 Å². The van der Waals surface area contributed by atoms with Gasteiger partial charge in [0, 0.05) is 18.8 Å². The number of para-hydroxylation sites is 1. The molecule has 0 aliphatic carbocycles. The minimum Gasteiger partial charge on any atom is -0.349 e. The van der Waals surface area contributed by atoms with Crippen LogP contribution in [0.2, 0.25) is 0 Å². The Balaban J connectivity index is 1.86. The molecule has 0 saturated carbocycles. The molecule has 0 bridgehead atoms. The van der Waals surface area contributed by atoms with Crippen molar-refractivity contribution in [3.05, 3.63) is 65.7 Å². The first-order valence-electron chi connectivity index (χ1n) is 7.06. The molecule has 1 atom stereocenters. The molecule has 1 unspecified atom stereocenters. The van der Waals surface area contributed by atoms with E-state index in [0.29, 0.717) is 0 Å². The number of anilines is 1. The number of nitrogens with one attached hydrogen (secondary N) is 1. The van der Waals surface area contributed by atoms with Gasteiger partial charge in [0.1, 0.15) is 5.66 Å². The van der Waals surface area contributed by atoms with Crippen molar-refractivity contribution in [1.82, 2.24) is 5.32 Å². The van der Waals surface area contributed by atoms with E-state index < -0.39 is 0 Å². The molecule has 2 aromatic rings. The largest absolute Gasteiger partial charge is 0.349 e. The molecule has 1 fully saturated rings. The Kier molecular flexibility index (Phi) is 2.39. The topological polar surface area (TPSA) is 15.3 Å². The van der Waals surface area contributed by atoms with E-state index in [9.17, 15) is 0 Å². The minimum atomic E-state index is 0.00954. The molecule has 0 spiro atoms. The van der Waals surface area contributed by atoms with Gasteiger partial charge in [-0.2, -0.15) is 0 Å². The molecule has 96 valence electrons. The van der Waals surface area contributed by atoms with Crippen molar-refractivity contribution >= 4 is 5.69 Å². The van der Waals surface area contributed by atoms with Gasteiger partial charge in [0.2, 0.25) is 0 Å². The quantitative estimate of drug-likeness (QED) is 0.836. The first kappa shape index (κ1) is 11.1. The van der Waals surface area contributed by atoms with E-state index in [0.717, 1.165) is 13.1 Å². The zero-order valence-corrected chi connectivity index (χ0v) is 11.0. The third-order valence-electron chi connectivity index (χ3n) is 4.49. The predicted molar refractivity (Wildman–Crippen MR) is 78.0 cm³/mol. The lowest BCUT2D eigenvalue weighted by molar-refractivity contribution is 0.327. The molecule has 0 amide bonds. The van der Waals surface area contributed by atoms with Crippen LogP contribution in [0.5, 0.6) is 0 Å². The molecule has 2 heterocycles. The average Bonchev–Trinajstić information content (AvgIpc) is 2.94. The maximum absolute atomic E-state index is 3.79. The molecule has 1 N–H and O–H groups in total. The molecule has 2 heteroatoms. The number of hydrogen-bond acceptors (Lipinski definition) is 2. The van der Waals surface area contributed by atoms with Crippen molar-refractivity contribution in [3.8, 4) is 0 Å². The van der Waals surface area contributed by atoms with E-state index in [1.807, 2.05) is 0 Å². The van der Waals surface area contributed by atoms with E-state index >= 15 is 0 Å². The second-order valence-corrected chi connectivity index (χ2v) is 5.46. The van der Waals surface area contributed by atoms with Crippen LogP contribution in [0.3, 0.4) is 0 Å². The van der Waals surface area contributed by atoms with Crippen molar-refractivity contribution in [2.24, 2.45) is 0 Å². The van der Waals surface area contributed by atoms with Gasteiger partial charge in [-0.1, -0.05) is 48.5 Å². The molecule has 2 nitrogen and oxygen atoms in total. The fraction of sp³-hybridized carbons (Fsp3) is 0.294. The number of nitrogens with zero attached hydrogens (tertiary/aromatic N) is 1. The number of hydrogen-bond donors (Lipinski definition) is 1. The van der Waals surface area contributed by atoms with Crippen molar-refractivity contribution in [3.63, 3.8) is 0 Å². The van der Waals surface area contributed by atoms with Crippen LogP contribution >= 0.6 is 0 Å². The number of rotatable bonds is 1. The van der Waals surface area contributed by atoms with Gasteiger partial charge in [-0.3, -0.25) is 5.32 Å². The highest BCUT2D eigenvalue weighted by molar-refractivity contribution is 5.60. The Bertz CT molecular complexity index is 593. The van der Waals surface area contributed by atoms with Crippen LogP contribution in [-0.2, 0) is 12.2 Å². The van der Waals surface area contributed by atoms with Crippen LogP contribution in [0.25, 0.3) is 0 Å². The Hall–Kier alpha value is -1.80. The summed E-state index contributed by atoms with van der Waals surface area (Å²) in [5, 5.41) is 3.79. The molecule has 2 aliphatic heterocycles. The fourth-order valence-corrected chi connectivity index (χ4v) is 3.61. The van der Waals surface area contributed by atoms with Gasteiger partial charge in [-0.25, -0.2) is 0 Å². The highest BCUT2D eigenvalue weighted by Gasteiger charge is 2.45. The average molecular weight is 250 g/mol. The molecule has 1 saturated heterocycles. The summed E-state index contributed by atoms with van der Waals surface area (Å²) < 4.78 is 0. The van der Waals surface area contributed by atoms with E-state index in [2.05, 4.69) is 64.8 Å². The van der Waals surface area contributed by atoms with E-state index in [1.54, 1.807) is 0 Å². The fourth-order valence-electron chi connectivity index (χ4n) is 3.61. The lowest BCUT2D eigenvalue weighted by Gasteiger charge is -2.46. The van der Waals surface area contributed by atoms with Crippen LogP contribution in [0, 0.1) is 0 Å². The van der Waals surface area contributed by atoms with Crippen LogP contribution < -0.4 is 10.2 Å². The van der Waals surface area contributed by atoms with Gasteiger partial charge >= 0.3 is 0 Å². The standard InChI is InChI=1S/C17H18N2/c1-2-8-15(9-3-1)17-11-6-12-19(17)16-10-5-4-7-14(16)13-18-17/h1-5,7-10,18H,6,11-13H2. The molecule has 0 radical (unpaired) electrons. The lowest BCUT2D eigenvalue weighted by Crippen LogP contribution is -2.55. The first-order chi connectivity index (χ1) is 9.40. The van der Waals surface area contributed by atoms with Crippen molar-refractivity contribution in [2.45, 2.75) is 25.0 Å². The second kappa shape index (κ2) is 4.10.